The highest BCUT2D eigenvalue weighted by Gasteiger charge is 2.24. The fourth-order valence-electron chi connectivity index (χ4n) is 2.38. The van der Waals surface area contributed by atoms with Crippen molar-refractivity contribution in [3.8, 4) is 0 Å². The molecule has 0 N–H and O–H groups in total. The third-order valence-electron chi connectivity index (χ3n) is 4.04. The fraction of sp³-hybridized carbons (Fsp3) is 0.438. The number of aryl methyl sites for hydroxylation is 1. The van der Waals surface area contributed by atoms with E-state index in [0.29, 0.717) is 18.2 Å². The second kappa shape index (κ2) is 5.93. The standard InChI is InChI=1S/C16H19N3OS/c1-11-13(21-16(18-11)12-6-5-7-12)10-15(20)19(2)14-8-3-4-9-17-14/h3-4,8-9,12H,5-7,10H2,1-2H3. The largest absolute Gasteiger partial charge is 0.300 e. The minimum Gasteiger partial charge on any atom is -0.300 e. The molecule has 2 heterocycles. The topological polar surface area (TPSA) is 46.1 Å². The van der Waals surface area contributed by atoms with Gasteiger partial charge in [-0.25, -0.2) is 9.97 Å². The highest BCUT2D eigenvalue weighted by atomic mass is 32.1. The maximum absolute atomic E-state index is 12.4. The lowest BCUT2D eigenvalue weighted by Crippen LogP contribution is -2.28. The number of rotatable bonds is 4. The molecule has 0 aliphatic heterocycles. The van der Waals surface area contributed by atoms with Crippen molar-refractivity contribution in [2.24, 2.45) is 0 Å². The van der Waals surface area contributed by atoms with E-state index in [2.05, 4.69) is 9.97 Å². The Balaban J connectivity index is 1.71. The van der Waals surface area contributed by atoms with E-state index in [1.54, 1.807) is 29.5 Å². The van der Waals surface area contributed by atoms with Crippen molar-refractivity contribution < 1.29 is 4.79 Å². The van der Waals surface area contributed by atoms with Crippen LogP contribution < -0.4 is 4.90 Å². The average Bonchev–Trinajstić information content (AvgIpc) is 2.77. The zero-order valence-electron chi connectivity index (χ0n) is 12.4. The van der Waals surface area contributed by atoms with E-state index in [-0.39, 0.29) is 5.91 Å². The van der Waals surface area contributed by atoms with Gasteiger partial charge in [0.1, 0.15) is 5.82 Å². The average molecular weight is 301 g/mol. The molecule has 0 spiro atoms. The van der Waals surface area contributed by atoms with Gasteiger partial charge in [0, 0.05) is 24.0 Å². The van der Waals surface area contributed by atoms with Gasteiger partial charge < -0.3 is 0 Å². The molecule has 0 atom stereocenters. The number of carbonyl (C=O) groups excluding carboxylic acids is 1. The van der Waals surface area contributed by atoms with Crippen molar-refractivity contribution in [1.82, 2.24) is 9.97 Å². The van der Waals surface area contributed by atoms with Gasteiger partial charge >= 0.3 is 0 Å². The minimum atomic E-state index is 0.0561. The van der Waals surface area contributed by atoms with Crippen molar-refractivity contribution in [3.05, 3.63) is 40.0 Å². The molecule has 0 saturated heterocycles. The van der Waals surface area contributed by atoms with Crippen LogP contribution in [-0.2, 0) is 11.2 Å². The van der Waals surface area contributed by atoms with E-state index in [1.165, 1.54) is 24.3 Å². The van der Waals surface area contributed by atoms with Crippen LogP contribution in [-0.4, -0.2) is 22.9 Å². The summed E-state index contributed by atoms with van der Waals surface area (Å²) in [6.07, 6.45) is 5.90. The highest BCUT2D eigenvalue weighted by molar-refractivity contribution is 7.12. The van der Waals surface area contributed by atoms with Gasteiger partial charge in [0.25, 0.3) is 0 Å². The molecule has 2 aromatic heterocycles. The molecule has 4 nitrogen and oxygen atoms in total. The maximum atomic E-state index is 12.4. The number of likely N-dealkylation sites (N-methyl/N-ethyl adjacent to an activating group) is 1. The van der Waals surface area contributed by atoms with Crippen LogP contribution in [0.4, 0.5) is 5.82 Å². The first-order valence-corrected chi connectivity index (χ1v) is 8.10. The zero-order chi connectivity index (χ0) is 14.8. The minimum absolute atomic E-state index is 0.0561. The predicted octanol–water partition coefficient (Wildman–Crippen LogP) is 3.32. The molecule has 1 saturated carbocycles. The van der Waals surface area contributed by atoms with Crippen molar-refractivity contribution in [2.45, 2.75) is 38.5 Å². The SMILES string of the molecule is Cc1nc(C2CCC2)sc1CC(=O)N(C)c1ccccn1. The van der Waals surface area contributed by atoms with E-state index in [0.717, 1.165) is 10.6 Å². The Morgan fingerprint density at radius 3 is 2.86 bits per heavy atom. The summed E-state index contributed by atoms with van der Waals surface area (Å²) in [7, 11) is 1.77. The molecule has 0 aromatic carbocycles. The number of carbonyl (C=O) groups is 1. The summed E-state index contributed by atoms with van der Waals surface area (Å²) in [5.74, 6) is 1.37. The van der Waals surface area contributed by atoms with Crippen LogP contribution in [0.15, 0.2) is 24.4 Å². The second-order valence-corrected chi connectivity index (χ2v) is 6.62. The van der Waals surface area contributed by atoms with Gasteiger partial charge in [0.2, 0.25) is 5.91 Å². The lowest BCUT2D eigenvalue weighted by molar-refractivity contribution is -0.117. The number of nitrogens with zero attached hydrogens (tertiary/aromatic N) is 3. The van der Waals surface area contributed by atoms with E-state index < -0.39 is 0 Å². The summed E-state index contributed by atoms with van der Waals surface area (Å²) in [6.45, 7) is 2.00. The summed E-state index contributed by atoms with van der Waals surface area (Å²) >= 11 is 1.71. The van der Waals surface area contributed by atoms with Crippen LogP contribution in [0.1, 0.15) is 40.8 Å². The molecule has 0 bridgehead atoms. The van der Waals surface area contributed by atoms with Gasteiger partial charge in [-0.1, -0.05) is 12.5 Å². The van der Waals surface area contributed by atoms with Crippen molar-refractivity contribution >= 4 is 23.1 Å². The number of thiazole rings is 1. The molecule has 2 aromatic rings. The van der Waals surface area contributed by atoms with Gasteiger partial charge in [-0.05, 0) is 31.9 Å². The van der Waals surface area contributed by atoms with E-state index >= 15 is 0 Å². The number of pyridine rings is 1. The summed E-state index contributed by atoms with van der Waals surface area (Å²) in [4.78, 5) is 24.0. The van der Waals surface area contributed by atoms with E-state index in [4.69, 9.17) is 0 Å². The first-order valence-electron chi connectivity index (χ1n) is 7.29. The quantitative estimate of drug-likeness (QED) is 0.870. The Morgan fingerprint density at radius 1 is 1.43 bits per heavy atom. The summed E-state index contributed by atoms with van der Waals surface area (Å²) in [5, 5.41) is 1.21. The number of amides is 1. The molecule has 5 heteroatoms. The van der Waals surface area contributed by atoms with Crippen molar-refractivity contribution in [2.75, 3.05) is 11.9 Å². The molecule has 3 rings (SSSR count). The van der Waals surface area contributed by atoms with Crippen LogP contribution in [0.2, 0.25) is 0 Å². The molecule has 1 aliphatic rings. The van der Waals surface area contributed by atoms with E-state index in [1.807, 2.05) is 25.1 Å². The number of hydrogen-bond acceptors (Lipinski definition) is 4. The Hall–Kier alpha value is -1.75. The molecule has 1 fully saturated rings. The third kappa shape index (κ3) is 2.97. The molecule has 0 unspecified atom stereocenters. The smallest absolute Gasteiger partial charge is 0.233 e. The van der Waals surface area contributed by atoms with Gasteiger partial charge in [0.15, 0.2) is 0 Å². The molecular formula is C16H19N3OS. The van der Waals surface area contributed by atoms with Gasteiger partial charge in [-0.2, -0.15) is 0 Å². The fourth-order valence-corrected chi connectivity index (χ4v) is 3.61. The molecular weight excluding hydrogens is 282 g/mol. The van der Waals surface area contributed by atoms with Crippen molar-refractivity contribution in [1.29, 1.82) is 0 Å². The normalized spacial score (nSPS) is 14.8. The first kappa shape index (κ1) is 14.2. The third-order valence-corrected chi connectivity index (χ3v) is 5.36. The molecule has 1 aliphatic carbocycles. The van der Waals surface area contributed by atoms with Crippen LogP contribution >= 0.6 is 11.3 Å². The first-order chi connectivity index (χ1) is 10.1. The summed E-state index contributed by atoms with van der Waals surface area (Å²) < 4.78 is 0. The van der Waals surface area contributed by atoms with Crippen LogP contribution in [0, 0.1) is 6.92 Å². The number of anilines is 1. The Bertz CT molecular complexity index is 634. The van der Waals surface area contributed by atoms with Crippen LogP contribution in [0.5, 0.6) is 0 Å². The zero-order valence-corrected chi connectivity index (χ0v) is 13.2. The molecule has 110 valence electrons. The Labute approximate surface area is 128 Å². The lowest BCUT2D eigenvalue weighted by Gasteiger charge is -2.22. The van der Waals surface area contributed by atoms with Gasteiger partial charge in [0.05, 0.1) is 17.1 Å². The summed E-state index contributed by atoms with van der Waals surface area (Å²) in [6, 6.07) is 5.58. The molecule has 21 heavy (non-hydrogen) atoms. The number of hydrogen-bond donors (Lipinski definition) is 0. The second-order valence-electron chi connectivity index (χ2n) is 5.51. The van der Waals surface area contributed by atoms with Crippen LogP contribution in [0.25, 0.3) is 0 Å². The summed E-state index contributed by atoms with van der Waals surface area (Å²) in [5.41, 5.74) is 1.00. The Morgan fingerprint density at radius 2 is 2.24 bits per heavy atom. The predicted molar refractivity (Wildman–Crippen MR) is 84.8 cm³/mol. The molecule has 1 amide bonds. The van der Waals surface area contributed by atoms with Gasteiger partial charge in [-0.15, -0.1) is 11.3 Å². The molecule has 0 radical (unpaired) electrons. The highest BCUT2D eigenvalue weighted by Crippen LogP contribution is 2.39. The van der Waals surface area contributed by atoms with Crippen molar-refractivity contribution in [3.63, 3.8) is 0 Å². The monoisotopic (exact) mass is 301 g/mol. The number of aromatic nitrogens is 2. The van der Waals surface area contributed by atoms with Gasteiger partial charge in [-0.3, -0.25) is 9.69 Å². The van der Waals surface area contributed by atoms with Crippen LogP contribution in [0.3, 0.4) is 0 Å². The lowest BCUT2D eigenvalue weighted by atomic mass is 9.86. The maximum Gasteiger partial charge on any atom is 0.233 e. The Kier molecular flexibility index (Phi) is 4.01. The van der Waals surface area contributed by atoms with E-state index in [9.17, 15) is 4.79 Å².